The molecule has 2 saturated heterocycles. The summed E-state index contributed by atoms with van der Waals surface area (Å²) in [4.78, 5) is 25.6. The molecule has 2 aliphatic rings. The molecule has 0 spiro atoms. The van der Waals surface area contributed by atoms with Crippen molar-refractivity contribution in [2.45, 2.75) is 38.7 Å². The number of rotatable bonds is 5. The Morgan fingerprint density at radius 1 is 1.38 bits per heavy atom. The summed E-state index contributed by atoms with van der Waals surface area (Å²) in [5, 5.41) is 6.76. The van der Waals surface area contributed by atoms with Crippen LogP contribution in [0.3, 0.4) is 0 Å². The largest absolute Gasteiger partial charge is 0.368 e. The first-order chi connectivity index (χ1) is 12.7. The second kappa shape index (κ2) is 9.32. The summed E-state index contributed by atoms with van der Waals surface area (Å²) in [6, 6.07) is 0. The van der Waals surface area contributed by atoms with Crippen molar-refractivity contribution in [2.75, 3.05) is 46.4 Å². The molecule has 1 atom stereocenters. The molecule has 1 unspecified atom stereocenters. The van der Waals surface area contributed by atoms with Crippen molar-refractivity contribution < 1.29 is 9.53 Å². The van der Waals surface area contributed by atoms with E-state index in [0.717, 1.165) is 70.1 Å². The van der Waals surface area contributed by atoms with Gasteiger partial charge in [0.15, 0.2) is 5.96 Å². The second-order valence-corrected chi connectivity index (χ2v) is 7.57. The Kier molecular flexibility index (Phi) is 6.85. The highest BCUT2D eigenvalue weighted by molar-refractivity contribution is 7.09. The molecule has 2 fully saturated rings. The number of hydrogen-bond acceptors (Lipinski definition) is 5. The number of carbonyl (C=O) groups excluding carboxylic acids is 1. The third kappa shape index (κ3) is 4.73. The minimum absolute atomic E-state index is 0.153. The molecule has 3 rings (SSSR count). The predicted molar refractivity (Wildman–Crippen MR) is 104 cm³/mol. The molecule has 1 aromatic heterocycles. The fourth-order valence-electron chi connectivity index (χ4n) is 3.38. The van der Waals surface area contributed by atoms with Crippen LogP contribution in [0.1, 0.15) is 30.5 Å². The summed E-state index contributed by atoms with van der Waals surface area (Å²) in [5.41, 5.74) is 1.14. The lowest BCUT2D eigenvalue weighted by Gasteiger charge is -2.37. The number of nitrogens with one attached hydrogen (secondary N) is 1. The van der Waals surface area contributed by atoms with Crippen molar-refractivity contribution >= 4 is 23.2 Å². The highest BCUT2D eigenvalue weighted by atomic mass is 32.1. The first kappa shape index (κ1) is 19.1. The van der Waals surface area contributed by atoms with Crippen molar-refractivity contribution in [3.8, 4) is 0 Å². The number of amides is 1. The van der Waals surface area contributed by atoms with Gasteiger partial charge in [-0.05, 0) is 19.3 Å². The lowest BCUT2D eigenvalue weighted by Crippen LogP contribution is -2.55. The third-order valence-corrected chi connectivity index (χ3v) is 5.92. The summed E-state index contributed by atoms with van der Waals surface area (Å²) >= 11 is 1.73. The quantitative estimate of drug-likeness (QED) is 0.614. The van der Waals surface area contributed by atoms with Crippen LogP contribution in [0.4, 0.5) is 0 Å². The van der Waals surface area contributed by atoms with E-state index in [4.69, 9.17) is 4.74 Å². The molecule has 1 N–H and O–H groups in total. The van der Waals surface area contributed by atoms with Crippen LogP contribution in [0, 0.1) is 0 Å². The highest BCUT2D eigenvalue weighted by Crippen LogP contribution is 2.16. The summed E-state index contributed by atoms with van der Waals surface area (Å²) in [6.45, 7) is 6.71. The molecule has 7 nitrogen and oxygen atoms in total. The van der Waals surface area contributed by atoms with Gasteiger partial charge in [-0.2, -0.15) is 0 Å². The Labute approximate surface area is 159 Å². The van der Waals surface area contributed by atoms with Gasteiger partial charge < -0.3 is 19.9 Å². The first-order valence-electron chi connectivity index (χ1n) is 9.50. The zero-order chi connectivity index (χ0) is 18.4. The smallest absolute Gasteiger partial charge is 0.251 e. The fraction of sp³-hybridized carbons (Fsp3) is 0.722. The van der Waals surface area contributed by atoms with Crippen LogP contribution in [0.25, 0.3) is 0 Å². The molecule has 8 heteroatoms. The van der Waals surface area contributed by atoms with E-state index >= 15 is 0 Å². The van der Waals surface area contributed by atoms with Crippen molar-refractivity contribution in [1.82, 2.24) is 20.1 Å². The van der Waals surface area contributed by atoms with E-state index in [0.29, 0.717) is 6.61 Å². The van der Waals surface area contributed by atoms with E-state index in [1.54, 1.807) is 11.3 Å². The number of thiazole rings is 1. The van der Waals surface area contributed by atoms with E-state index in [-0.39, 0.29) is 12.0 Å². The fourth-order valence-corrected chi connectivity index (χ4v) is 4.15. The van der Waals surface area contributed by atoms with Gasteiger partial charge in [0.25, 0.3) is 5.91 Å². The molecular weight excluding hydrogens is 350 g/mol. The normalized spacial score (nSPS) is 21.3. The number of ether oxygens (including phenoxy) is 1. The standard InChI is InChI=1S/C18H29N5O2S/c1-3-16-21-14(13-26-16)6-7-20-18(19-2)23-10-8-22(9-11-23)17(24)15-5-4-12-25-15/h13,15H,3-12H2,1-2H3,(H,19,20). The Morgan fingerprint density at radius 3 is 2.77 bits per heavy atom. The first-order valence-corrected chi connectivity index (χ1v) is 10.4. The topological polar surface area (TPSA) is 70.1 Å². The van der Waals surface area contributed by atoms with Gasteiger partial charge in [-0.3, -0.25) is 9.79 Å². The zero-order valence-electron chi connectivity index (χ0n) is 15.7. The Hall–Kier alpha value is -1.67. The Morgan fingerprint density at radius 2 is 2.15 bits per heavy atom. The highest BCUT2D eigenvalue weighted by Gasteiger charge is 2.30. The van der Waals surface area contributed by atoms with Crippen LogP contribution in [0.15, 0.2) is 10.4 Å². The second-order valence-electron chi connectivity index (χ2n) is 6.62. The summed E-state index contributed by atoms with van der Waals surface area (Å²) in [5.74, 6) is 1.06. The maximum absolute atomic E-state index is 12.4. The monoisotopic (exact) mass is 379 g/mol. The molecule has 0 radical (unpaired) electrons. The number of aryl methyl sites for hydroxylation is 1. The number of hydrogen-bond donors (Lipinski definition) is 1. The summed E-state index contributed by atoms with van der Waals surface area (Å²) < 4.78 is 5.52. The van der Waals surface area contributed by atoms with E-state index in [9.17, 15) is 4.79 Å². The van der Waals surface area contributed by atoms with E-state index in [1.807, 2.05) is 11.9 Å². The SMILES string of the molecule is CCc1nc(CCNC(=NC)N2CCN(C(=O)C3CCCO3)CC2)cs1. The van der Waals surface area contributed by atoms with Crippen LogP contribution in [0.5, 0.6) is 0 Å². The van der Waals surface area contributed by atoms with Crippen molar-refractivity contribution in [3.63, 3.8) is 0 Å². The van der Waals surface area contributed by atoms with Gasteiger partial charge in [-0.15, -0.1) is 11.3 Å². The van der Waals surface area contributed by atoms with Crippen molar-refractivity contribution in [1.29, 1.82) is 0 Å². The van der Waals surface area contributed by atoms with Gasteiger partial charge in [0.2, 0.25) is 0 Å². The van der Waals surface area contributed by atoms with Crippen LogP contribution in [0.2, 0.25) is 0 Å². The minimum Gasteiger partial charge on any atom is -0.368 e. The van der Waals surface area contributed by atoms with E-state index < -0.39 is 0 Å². The minimum atomic E-state index is -0.217. The molecule has 1 amide bonds. The predicted octanol–water partition coefficient (Wildman–Crippen LogP) is 1.15. The van der Waals surface area contributed by atoms with Crippen molar-refractivity contribution in [3.05, 3.63) is 16.1 Å². The van der Waals surface area contributed by atoms with Crippen LogP contribution >= 0.6 is 11.3 Å². The number of piperazine rings is 1. The number of aliphatic imine (C=N–C) groups is 1. The molecule has 0 saturated carbocycles. The van der Waals surface area contributed by atoms with Crippen molar-refractivity contribution in [2.24, 2.45) is 4.99 Å². The molecule has 2 aliphatic heterocycles. The number of aromatic nitrogens is 1. The van der Waals surface area contributed by atoms with Crippen LogP contribution < -0.4 is 5.32 Å². The molecule has 3 heterocycles. The maximum Gasteiger partial charge on any atom is 0.251 e. The van der Waals surface area contributed by atoms with Gasteiger partial charge in [-0.1, -0.05) is 6.92 Å². The van der Waals surface area contributed by atoms with Gasteiger partial charge >= 0.3 is 0 Å². The number of carbonyl (C=O) groups is 1. The van der Waals surface area contributed by atoms with Gasteiger partial charge in [0.1, 0.15) is 6.10 Å². The Bertz CT molecular complexity index is 619. The summed E-state index contributed by atoms with van der Waals surface area (Å²) in [6.07, 6.45) is 3.52. The number of nitrogens with zero attached hydrogens (tertiary/aromatic N) is 4. The summed E-state index contributed by atoms with van der Waals surface area (Å²) in [7, 11) is 1.81. The average molecular weight is 380 g/mol. The molecule has 26 heavy (non-hydrogen) atoms. The van der Waals surface area contributed by atoms with Gasteiger partial charge in [0.05, 0.1) is 10.7 Å². The molecule has 0 bridgehead atoms. The van der Waals surface area contributed by atoms with Gasteiger partial charge in [-0.25, -0.2) is 4.98 Å². The molecule has 0 aliphatic carbocycles. The van der Waals surface area contributed by atoms with E-state index in [2.05, 4.69) is 32.5 Å². The van der Waals surface area contributed by atoms with Crippen LogP contribution in [-0.4, -0.2) is 79.1 Å². The average Bonchev–Trinajstić information content (AvgIpc) is 3.37. The maximum atomic E-state index is 12.4. The van der Waals surface area contributed by atoms with Crippen LogP contribution in [-0.2, 0) is 22.4 Å². The zero-order valence-corrected chi connectivity index (χ0v) is 16.6. The lowest BCUT2D eigenvalue weighted by atomic mass is 10.2. The number of guanidine groups is 1. The molecule has 1 aromatic rings. The molecular formula is C18H29N5O2S. The molecule has 0 aromatic carbocycles. The third-order valence-electron chi connectivity index (χ3n) is 4.87. The van der Waals surface area contributed by atoms with Gasteiger partial charge in [0, 0.05) is 58.2 Å². The Balaban J connectivity index is 1.42. The van der Waals surface area contributed by atoms with E-state index in [1.165, 1.54) is 5.01 Å². The lowest BCUT2D eigenvalue weighted by molar-refractivity contribution is -0.142. The molecule has 144 valence electrons.